The number of piperidine rings is 1. The van der Waals surface area contributed by atoms with E-state index in [2.05, 4.69) is 10.6 Å². The summed E-state index contributed by atoms with van der Waals surface area (Å²) in [7, 11) is 0. The van der Waals surface area contributed by atoms with Crippen LogP contribution in [0.5, 0.6) is 0 Å². The number of carbonyl (C=O) groups is 1. The van der Waals surface area contributed by atoms with E-state index in [9.17, 15) is 4.79 Å². The molecule has 2 N–H and O–H groups in total. The van der Waals surface area contributed by atoms with Gasteiger partial charge < -0.3 is 15.4 Å². The summed E-state index contributed by atoms with van der Waals surface area (Å²) in [5, 5.41) is 6.38. The van der Waals surface area contributed by atoms with Crippen molar-refractivity contribution in [1.29, 1.82) is 0 Å². The average Bonchev–Trinajstić information content (AvgIpc) is 2.27. The van der Waals surface area contributed by atoms with Gasteiger partial charge in [0.05, 0.1) is 0 Å². The van der Waals surface area contributed by atoms with Crippen LogP contribution in [-0.2, 0) is 9.53 Å². The minimum absolute atomic E-state index is 0.0169. The first-order valence-electron chi connectivity index (χ1n) is 5.84. The highest BCUT2D eigenvalue weighted by molar-refractivity contribution is 5.77. The Morgan fingerprint density at radius 2 is 2.40 bits per heavy atom. The van der Waals surface area contributed by atoms with Crippen LogP contribution in [0, 0.1) is 0 Å². The Labute approximate surface area is 91.8 Å². The van der Waals surface area contributed by atoms with Crippen LogP contribution in [0.3, 0.4) is 0 Å². The van der Waals surface area contributed by atoms with Gasteiger partial charge in [0.2, 0.25) is 5.91 Å². The molecule has 0 saturated carbocycles. The normalized spacial score (nSPS) is 23.5. The van der Waals surface area contributed by atoms with E-state index in [-0.39, 0.29) is 18.6 Å². The van der Waals surface area contributed by atoms with Crippen LogP contribution in [0.1, 0.15) is 33.1 Å². The molecule has 1 fully saturated rings. The van der Waals surface area contributed by atoms with Gasteiger partial charge in [-0.2, -0.15) is 0 Å². The van der Waals surface area contributed by atoms with Gasteiger partial charge in [0, 0.05) is 18.7 Å². The molecule has 0 aliphatic carbocycles. The van der Waals surface area contributed by atoms with E-state index >= 15 is 0 Å². The molecule has 0 aromatic heterocycles. The third-order valence-electron chi connectivity index (χ3n) is 2.78. The van der Waals surface area contributed by atoms with Crippen molar-refractivity contribution in [3.8, 4) is 0 Å². The minimum atomic E-state index is -0.0169. The second-order valence-electron chi connectivity index (χ2n) is 4.05. The molecule has 0 aromatic rings. The lowest BCUT2D eigenvalue weighted by atomic mass is 9.99. The van der Waals surface area contributed by atoms with Crippen molar-refractivity contribution in [2.24, 2.45) is 0 Å². The number of nitrogens with one attached hydrogen (secondary N) is 2. The lowest BCUT2D eigenvalue weighted by molar-refractivity contribution is -0.126. The number of amides is 1. The van der Waals surface area contributed by atoms with Gasteiger partial charge in [0.1, 0.15) is 6.61 Å². The van der Waals surface area contributed by atoms with Gasteiger partial charge in [-0.1, -0.05) is 6.42 Å². The van der Waals surface area contributed by atoms with E-state index in [1.807, 2.05) is 13.8 Å². The van der Waals surface area contributed by atoms with Crippen molar-refractivity contribution in [1.82, 2.24) is 10.6 Å². The van der Waals surface area contributed by atoms with Gasteiger partial charge in [0.25, 0.3) is 0 Å². The minimum Gasteiger partial charge on any atom is -0.372 e. The summed E-state index contributed by atoms with van der Waals surface area (Å²) in [5.74, 6) is -0.0169. The average molecular weight is 214 g/mol. The van der Waals surface area contributed by atoms with Crippen molar-refractivity contribution in [3.05, 3.63) is 0 Å². The fourth-order valence-electron chi connectivity index (χ4n) is 1.90. The summed E-state index contributed by atoms with van der Waals surface area (Å²) in [6.45, 7) is 5.76. The topological polar surface area (TPSA) is 50.4 Å². The van der Waals surface area contributed by atoms with Crippen molar-refractivity contribution < 1.29 is 9.53 Å². The van der Waals surface area contributed by atoms with Crippen molar-refractivity contribution in [3.63, 3.8) is 0 Å². The molecule has 0 radical (unpaired) electrons. The van der Waals surface area contributed by atoms with E-state index in [1.54, 1.807) is 0 Å². The van der Waals surface area contributed by atoms with E-state index in [4.69, 9.17) is 4.74 Å². The largest absolute Gasteiger partial charge is 0.372 e. The van der Waals surface area contributed by atoms with Crippen LogP contribution in [-0.4, -0.2) is 37.7 Å². The molecule has 1 rings (SSSR count). The molecule has 1 saturated heterocycles. The Bertz CT molecular complexity index is 191. The first kappa shape index (κ1) is 12.5. The quantitative estimate of drug-likeness (QED) is 0.707. The van der Waals surface area contributed by atoms with E-state index in [1.165, 1.54) is 12.8 Å². The van der Waals surface area contributed by atoms with Crippen LogP contribution < -0.4 is 10.6 Å². The first-order chi connectivity index (χ1) is 7.24. The van der Waals surface area contributed by atoms with Crippen LogP contribution in [0.2, 0.25) is 0 Å². The summed E-state index contributed by atoms with van der Waals surface area (Å²) in [6, 6.07) is 0.614. The maximum Gasteiger partial charge on any atom is 0.246 e. The molecule has 1 aliphatic heterocycles. The number of hydrogen-bond donors (Lipinski definition) is 2. The van der Waals surface area contributed by atoms with Crippen LogP contribution in [0.25, 0.3) is 0 Å². The molecule has 1 aliphatic rings. The predicted octanol–water partition coefficient (Wildman–Crippen LogP) is 0.670. The number of ether oxygens (including phenoxy) is 1. The number of carbonyl (C=O) groups excluding carboxylic acids is 1. The monoisotopic (exact) mass is 214 g/mol. The highest BCUT2D eigenvalue weighted by atomic mass is 16.5. The van der Waals surface area contributed by atoms with Gasteiger partial charge in [-0.25, -0.2) is 0 Å². The molecule has 0 bridgehead atoms. The lowest BCUT2D eigenvalue weighted by Gasteiger charge is -2.29. The third-order valence-corrected chi connectivity index (χ3v) is 2.78. The Balaban J connectivity index is 2.21. The second kappa shape index (κ2) is 6.80. The fourth-order valence-corrected chi connectivity index (χ4v) is 1.90. The highest BCUT2D eigenvalue weighted by Crippen LogP contribution is 2.09. The van der Waals surface area contributed by atoms with E-state index in [0.717, 1.165) is 13.0 Å². The third kappa shape index (κ3) is 4.62. The van der Waals surface area contributed by atoms with Crippen LogP contribution in [0.15, 0.2) is 0 Å². The summed E-state index contributed by atoms with van der Waals surface area (Å²) in [6.07, 6.45) is 3.65. The van der Waals surface area contributed by atoms with E-state index < -0.39 is 0 Å². The SMILES string of the molecule is CCOCC(=O)NC(C)C1CCCCN1. The summed E-state index contributed by atoms with van der Waals surface area (Å²) in [5.41, 5.74) is 0. The van der Waals surface area contributed by atoms with Gasteiger partial charge in [-0.15, -0.1) is 0 Å². The maximum atomic E-state index is 11.4. The second-order valence-corrected chi connectivity index (χ2v) is 4.05. The Morgan fingerprint density at radius 3 is 3.00 bits per heavy atom. The maximum absolute atomic E-state index is 11.4. The molecule has 1 amide bonds. The zero-order valence-corrected chi connectivity index (χ0v) is 9.71. The molecule has 88 valence electrons. The summed E-state index contributed by atoms with van der Waals surface area (Å²) >= 11 is 0. The fraction of sp³-hybridized carbons (Fsp3) is 0.909. The smallest absolute Gasteiger partial charge is 0.246 e. The number of rotatable bonds is 5. The predicted molar refractivity (Wildman–Crippen MR) is 59.7 cm³/mol. The van der Waals surface area contributed by atoms with Gasteiger partial charge in [0.15, 0.2) is 0 Å². The molecular formula is C11H22N2O2. The molecule has 4 heteroatoms. The van der Waals surface area contributed by atoms with Crippen LogP contribution >= 0.6 is 0 Å². The highest BCUT2D eigenvalue weighted by Gasteiger charge is 2.20. The summed E-state index contributed by atoms with van der Waals surface area (Å²) in [4.78, 5) is 11.4. The molecule has 4 nitrogen and oxygen atoms in total. The summed E-state index contributed by atoms with van der Waals surface area (Å²) < 4.78 is 5.05. The van der Waals surface area contributed by atoms with E-state index in [0.29, 0.717) is 12.6 Å². The molecule has 0 spiro atoms. The molecule has 0 aromatic carbocycles. The zero-order chi connectivity index (χ0) is 11.1. The Kier molecular flexibility index (Phi) is 5.65. The number of hydrogen-bond acceptors (Lipinski definition) is 3. The van der Waals surface area contributed by atoms with Gasteiger partial charge >= 0.3 is 0 Å². The lowest BCUT2D eigenvalue weighted by Crippen LogP contribution is -2.50. The molecular weight excluding hydrogens is 192 g/mol. The molecule has 2 atom stereocenters. The van der Waals surface area contributed by atoms with Gasteiger partial charge in [-0.3, -0.25) is 4.79 Å². The Morgan fingerprint density at radius 1 is 1.60 bits per heavy atom. The van der Waals surface area contributed by atoms with Crippen LogP contribution in [0.4, 0.5) is 0 Å². The molecule has 1 heterocycles. The molecule has 2 unspecified atom stereocenters. The zero-order valence-electron chi connectivity index (χ0n) is 9.71. The first-order valence-corrected chi connectivity index (χ1v) is 5.84. The van der Waals surface area contributed by atoms with Crippen molar-refractivity contribution in [2.75, 3.05) is 19.8 Å². The van der Waals surface area contributed by atoms with Gasteiger partial charge in [-0.05, 0) is 33.2 Å². The Hall–Kier alpha value is -0.610. The molecule has 15 heavy (non-hydrogen) atoms. The van der Waals surface area contributed by atoms with Crippen molar-refractivity contribution in [2.45, 2.75) is 45.2 Å². The van der Waals surface area contributed by atoms with Crippen molar-refractivity contribution >= 4 is 5.91 Å². The standard InChI is InChI=1S/C11H22N2O2/c1-3-15-8-11(14)13-9(2)10-6-4-5-7-12-10/h9-10,12H,3-8H2,1-2H3,(H,13,14).